The molecule has 1 saturated heterocycles. The number of nitrogens with zero attached hydrogens (tertiary/aromatic N) is 2. The lowest BCUT2D eigenvalue weighted by atomic mass is 10.0. The van der Waals surface area contributed by atoms with Crippen LogP contribution in [0.3, 0.4) is 0 Å². The van der Waals surface area contributed by atoms with Crippen molar-refractivity contribution in [2.75, 3.05) is 13.1 Å². The van der Waals surface area contributed by atoms with E-state index in [2.05, 4.69) is 17.2 Å². The summed E-state index contributed by atoms with van der Waals surface area (Å²) in [4.78, 5) is 18.4. The van der Waals surface area contributed by atoms with Crippen molar-refractivity contribution in [1.29, 1.82) is 0 Å². The summed E-state index contributed by atoms with van der Waals surface area (Å²) in [5.41, 5.74) is 0.579. The van der Waals surface area contributed by atoms with Crippen LogP contribution in [0.1, 0.15) is 52.3 Å². The lowest BCUT2D eigenvalue weighted by Gasteiger charge is -2.35. The molecule has 0 bridgehead atoms. The highest BCUT2D eigenvalue weighted by molar-refractivity contribution is 5.68. The van der Waals surface area contributed by atoms with Gasteiger partial charge in [0, 0.05) is 31.4 Å². The van der Waals surface area contributed by atoms with Crippen LogP contribution in [0, 0.1) is 0 Å². The Balaban J connectivity index is 1.89. The third-order valence-electron chi connectivity index (χ3n) is 3.69. The van der Waals surface area contributed by atoms with Crippen LogP contribution in [0.25, 0.3) is 0 Å². The number of carbonyl (C=O) groups is 1. The number of piperidine rings is 1. The molecule has 2 rings (SSSR count). The zero-order valence-electron chi connectivity index (χ0n) is 14.0. The number of likely N-dealkylation sites (tertiary alicyclic amines) is 1. The highest BCUT2D eigenvalue weighted by Crippen LogP contribution is 2.18. The molecule has 1 aromatic heterocycles. The van der Waals surface area contributed by atoms with Gasteiger partial charge >= 0.3 is 6.09 Å². The molecule has 5 nitrogen and oxygen atoms in total. The predicted octanol–water partition coefficient (Wildman–Crippen LogP) is 3.13. The number of aromatic nitrogens is 1. The summed E-state index contributed by atoms with van der Waals surface area (Å²) in [6, 6.07) is 6.38. The minimum absolute atomic E-state index is 0.171. The van der Waals surface area contributed by atoms with Crippen molar-refractivity contribution in [2.45, 2.75) is 58.2 Å². The van der Waals surface area contributed by atoms with E-state index in [1.165, 1.54) is 0 Å². The van der Waals surface area contributed by atoms with Gasteiger partial charge in [-0.2, -0.15) is 0 Å². The monoisotopic (exact) mass is 305 g/mol. The molecule has 1 aliphatic heterocycles. The summed E-state index contributed by atoms with van der Waals surface area (Å²) in [7, 11) is 0. The summed E-state index contributed by atoms with van der Waals surface area (Å²) in [5, 5.41) is 3.57. The lowest BCUT2D eigenvalue weighted by Crippen LogP contribution is -2.49. The van der Waals surface area contributed by atoms with Crippen molar-refractivity contribution < 1.29 is 9.53 Å². The molecule has 122 valence electrons. The van der Waals surface area contributed by atoms with Crippen LogP contribution >= 0.6 is 0 Å². The number of carbonyl (C=O) groups excluding carboxylic acids is 1. The Bertz CT molecular complexity index is 484. The first kappa shape index (κ1) is 16.7. The Kier molecular flexibility index (Phi) is 5.40. The van der Waals surface area contributed by atoms with Gasteiger partial charge in [0.25, 0.3) is 0 Å². The van der Waals surface area contributed by atoms with Crippen LogP contribution in [0.4, 0.5) is 4.79 Å². The number of hydrogen-bond donors (Lipinski definition) is 1. The molecule has 5 heteroatoms. The van der Waals surface area contributed by atoms with Crippen molar-refractivity contribution in [1.82, 2.24) is 15.2 Å². The lowest BCUT2D eigenvalue weighted by molar-refractivity contribution is 0.0183. The molecule has 1 aromatic rings. The smallest absolute Gasteiger partial charge is 0.410 e. The van der Waals surface area contributed by atoms with Gasteiger partial charge in [0.05, 0.1) is 5.69 Å². The van der Waals surface area contributed by atoms with E-state index >= 15 is 0 Å². The van der Waals surface area contributed by atoms with Crippen molar-refractivity contribution in [3.05, 3.63) is 30.1 Å². The maximum Gasteiger partial charge on any atom is 0.410 e. The van der Waals surface area contributed by atoms with Crippen LogP contribution in [0.15, 0.2) is 24.4 Å². The number of hydrogen-bond acceptors (Lipinski definition) is 4. The topological polar surface area (TPSA) is 54.5 Å². The van der Waals surface area contributed by atoms with Gasteiger partial charge in [-0.05, 0) is 52.7 Å². The standard InChI is InChI=1S/C17H27N3O2/c1-13(15-9-5-6-10-18-15)19-14-8-7-11-20(12-14)16(21)22-17(2,3)4/h5-6,9-10,13-14,19H,7-8,11-12H2,1-4H3/t13-,14-/m1/s1. The summed E-state index contributed by atoms with van der Waals surface area (Å²) in [6.45, 7) is 9.25. The maximum absolute atomic E-state index is 12.2. The number of amides is 1. The fraction of sp³-hybridized carbons (Fsp3) is 0.647. The fourth-order valence-electron chi connectivity index (χ4n) is 2.68. The molecule has 1 N–H and O–H groups in total. The summed E-state index contributed by atoms with van der Waals surface area (Å²) in [6.07, 6.45) is 3.65. The first-order chi connectivity index (χ1) is 10.3. The first-order valence-electron chi connectivity index (χ1n) is 8.00. The van der Waals surface area contributed by atoms with Gasteiger partial charge in [0.1, 0.15) is 5.60 Å². The van der Waals surface area contributed by atoms with Crippen LogP contribution in [0.2, 0.25) is 0 Å². The average molecular weight is 305 g/mol. The Morgan fingerprint density at radius 1 is 1.45 bits per heavy atom. The molecule has 0 aliphatic carbocycles. The average Bonchev–Trinajstić information content (AvgIpc) is 2.46. The van der Waals surface area contributed by atoms with Crippen molar-refractivity contribution in [3.63, 3.8) is 0 Å². The Hall–Kier alpha value is -1.62. The van der Waals surface area contributed by atoms with Crippen molar-refractivity contribution >= 4 is 6.09 Å². The Labute approximate surface area is 133 Å². The summed E-state index contributed by atoms with van der Waals surface area (Å²) >= 11 is 0. The Morgan fingerprint density at radius 3 is 2.86 bits per heavy atom. The van der Waals surface area contributed by atoms with Crippen LogP contribution in [-0.4, -0.2) is 40.7 Å². The quantitative estimate of drug-likeness (QED) is 0.932. The third kappa shape index (κ3) is 4.98. The fourth-order valence-corrected chi connectivity index (χ4v) is 2.68. The van der Waals surface area contributed by atoms with Gasteiger partial charge < -0.3 is 15.0 Å². The van der Waals surface area contributed by atoms with Crippen molar-refractivity contribution in [2.24, 2.45) is 0 Å². The molecule has 0 aromatic carbocycles. The second kappa shape index (κ2) is 7.09. The summed E-state index contributed by atoms with van der Waals surface area (Å²) in [5.74, 6) is 0. The molecule has 22 heavy (non-hydrogen) atoms. The molecule has 1 aliphatic rings. The number of rotatable bonds is 3. The first-order valence-corrected chi connectivity index (χ1v) is 8.00. The minimum Gasteiger partial charge on any atom is -0.444 e. The van der Waals surface area contributed by atoms with Crippen molar-refractivity contribution in [3.8, 4) is 0 Å². The number of nitrogens with one attached hydrogen (secondary N) is 1. The molecule has 2 atom stereocenters. The highest BCUT2D eigenvalue weighted by Gasteiger charge is 2.28. The zero-order valence-corrected chi connectivity index (χ0v) is 14.0. The highest BCUT2D eigenvalue weighted by atomic mass is 16.6. The van der Waals surface area contributed by atoms with E-state index in [0.29, 0.717) is 6.54 Å². The van der Waals surface area contributed by atoms with Crippen LogP contribution < -0.4 is 5.32 Å². The molecular weight excluding hydrogens is 278 g/mol. The van der Waals surface area contributed by atoms with Gasteiger partial charge in [-0.3, -0.25) is 4.98 Å². The number of pyridine rings is 1. The van der Waals surface area contributed by atoms with E-state index in [4.69, 9.17) is 4.74 Å². The third-order valence-corrected chi connectivity index (χ3v) is 3.69. The molecule has 2 heterocycles. The minimum atomic E-state index is -0.446. The van der Waals surface area contributed by atoms with Crippen LogP contribution in [0.5, 0.6) is 0 Å². The van der Waals surface area contributed by atoms with Gasteiger partial charge in [-0.1, -0.05) is 6.07 Å². The number of ether oxygens (including phenoxy) is 1. The predicted molar refractivity (Wildman–Crippen MR) is 86.6 cm³/mol. The van der Waals surface area contributed by atoms with E-state index in [1.54, 1.807) is 11.1 Å². The Morgan fingerprint density at radius 2 is 2.23 bits per heavy atom. The van der Waals surface area contributed by atoms with Gasteiger partial charge in [-0.15, -0.1) is 0 Å². The summed E-state index contributed by atoms with van der Waals surface area (Å²) < 4.78 is 5.46. The zero-order chi connectivity index (χ0) is 16.2. The second-order valence-electron chi connectivity index (χ2n) is 6.91. The second-order valence-corrected chi connectivity index (χ2v) is 6.91. The van der Waals surface area contributed by atoms with E-state index in [-0.39, 0.29) is 18.2 Å². The van der Waals surface area contributed by atoms with Gasteiger partial charge in [0.15, 0.2) is 0 Å². The van der Waals surface area contributed by atoms with Gasteiger partial charge in [-0.25, -0.2) is 4.79 Å². The SMILES string of the molecule is C[C@@H](N[C@@H]1CCCN(C(=O)OC(C)(C)C)C1)c1ccccn1. The molecule has 0 radical (unpaired) electrons. The molecule has 0 saturated carbocycles. The molecule has 1 fully saturated rings. The van der Waals surface area contributed by atoms with E-state index in [1.807, 2.05) is 39.0 Å². The normalized spacial score (nSPS) is 20.5. The van der Waals surface area contributed by atoms with E-state index < -0.39 is 5.60 Å². The molecule has 0 unspecified atom stereocenters. The van der Waals surface area contributed by atoms with Crippen LogP contribution in [-0.2, 0) is 4.74 Å². The molecule has 0 spiro atoms. The largest absolute Gasteiger partial charge is 0.444 e. The molecule has 1 amide bonds. The van der Waals surface area contributed by atoms with E-state index in [0.717, 1.165) is 25.1 Å². The molecular formula is C17H27N3O2. The van der Waals surface area contributed by atoms with E-state index in [9.17, 15) is 4.79 Å². The maximum atomic E-state index is 12.2. The van der Waals surface area contributed by atoms with Gasteiger partial charge in [0.2, 0.25) is 0 Å².